The zero-order chi connectivity index (χ0) is 16.4. The molecular formula is C17H24N4O2. The summed E-state index contributed by atoms with van der Waals surface area (Å²) in [6, 6.07) is 7.65. The van der Waals surface area contributed by atoms with Crippen LogP contribution in [0.3, 0.4) is 0 Å². The van der Waals surface area contributed by atoms with Crippen LogP contribution in [0.15, 0.2) is 24.3 Å². The average molecular weight is 316 g/mol. The molecule has 1 aliphatic rings. The molecule has 0 spiro atoms. The number of likely N-dealkylation sites (N-methyl/N-ethyl adjacent to an activating group) is 1. The third-order valence-electron chi connectivity index (χ3n) is 4.49. The molecule has 0 saturated carbocycles. The van der Waals surface area contributed by atoms with E-state index in [1.54, 1.807) is 0 Å². The fourth-order valence-corrected chi connectivity index (χ4v) is 3.40. The summed E-state index contributed by atoms with van der Waals surface area (Å²) in [6.45, 7) is 1.85. The minimum Gasteiger partial charge on any atom is -0.388 e. The third-order valence-corrected chi connectivity index (χ3v) is 4.49. The van der Waals surface area contributed by atoms with Gasteiger partial charge >= 0.3 is 0 Å². The number of carbonyl (C=O) groups is 1. The van der Waals surface area contributed by atoms with Crippen molar-refractivity contribution in [3.63, 3.8) is 0 Å². The largest absolute Gasteiger partial charge is 0.388 e. The van der Waals surface area contributed by atoms with E-state index in [0.717, 1.165) is 23.7 Å². The molecular weight excluding hydrogens is 292 g/mol. The van der Waals surface area contributed by atoms with Gasteiger partial charge in [-0.3, -0.25) is 9.89 Å². The minimum absolute atomic E-state index is 0.0587. The quantitative estimate of drug-likeness (QED) is 0.900. The number of aromatic nitrogens is 2. The number of amides is 1. The highest BCUT2D eigenvalue weighted by molar-refractivity contribution is 6.04. The van der Waals surface area contributed by atoms with Crippen LogP contribution < -0.4 is 0 Å². The van der Waals surface area contributed by atoms with E-state index in [1.165, 1.54) is 0 Å². The Morgan fingerprint density at radius 3 is 2.91 bits per heavy atom. The fourth-order valence-electron chi connectivity index (χ4n) is 3.40. The number of nitrogens with one attached hydrogen (secondary N) is 1. The van der Waals surface area contributed by atoms with Crippen LogP contribution in [-0.4, -0.2) is 70.3 Å². The van der Waals surface area contributed by atoms with Crippen LogP contribution in [0.2, 0.25) is 0 Å². The van der Waals surface area contributed by atoms with Gasteiger partial charge in [0.25, 0.3) is 5.91 Å². The van der Waals surface area contributed by atoms with E-state index >= 15 is 0 Å². The molecule has 1 atom stereocenters. The number of carbonyl (C=O) groups excluding carboxylic acids is 1. The molecule has 23 heavy (non-hydrogen) atoms. The van der Waals surface area contributed by atoms with Crippen LogP contribution in [0.1, 0.15) is 29.8 Å². The Labute approximate surface area is 136 Å². The van der Waals surface area contributed by atoms with Gasteiger partial charge in [0.15, 0.2) is 5.69 Å². The van der Waals surface area contributed by atoms with Gasteiger partial charge in [0.1, 0.15) is 0 Å². The van der Waals surface area contributed by atoms with Gasteiger partial charge < -0.3 is 14.9 Å². The van der Waals surface area contributed by atoms with E-state index in [-0.39, 0.29) is 5.91 Å². The molecule has 0 aliphatic carbocycles. The lowest BCUT2D eigenvalue weighted by Gasteiger charge is -2.29. The number of likely N-dealkylation sites (tertiary alicyclic amines) is 1. The summed E-state index contributed by atoms with van der Waals surface area (Å²) in [5.41, 5.74) is 0.625. The van der Waals surface area contributed by atoms with Crippen molar-refractivity contribution in [3.05, 3.63) is 30.0 Å². The van der Waals surface area contributed by atoms with Gasteiger partial charge in [-0.15, -0.1) is 0 Å². The molecule has 6 heteroatoms. The first-order chi connectivity index (χ1) is 11.0. The van der Waals surface area contributed by atoms with Crippen LogP contribution in [-0.2, 0) is 0 Å². The van der Waals surface area contributed by atoms with Crippen LogP contribution in [0.5, 0.6) is 0 Å². The normalized spacial score (nSPS) is 22.5. The molecule has 0 radical (unpaired) electrons. The van der Waals surface area contributed by atoms with Crippen LogP contribution in [0, 0.1) is 0 Å². The maximum absolute atomic E-state index is 12.8. The molecule has 124 valence electrons. The van der Waals surface area contributed by atoms with Crippen molar-refractivity contribution in [2.45, 2.75) is 24.9 Å². The maximum Gasteiger partial charge on any atom is 0.274 e. The Morgan fingerprint density at radius 2 is 2.13 bits per heavy atom. The molecule has 2 aromatic rings. The predicted molar refractivity (Wildman–Crippen MR) is 89.4 cm³/mol. The fraction of sp³-hybridized carbons (Fsp3) is 0.529. The van der Waals surface area contributed by atoms with Crippen molar-refractivity contribution in [1.29, 1.82) is 0 Å². The first-order valence-corrected chi connectivity index (χ1v) is 8.08. The molecule has 1 aromatic heterocycles. The van der Waals surface area contributed by atoms with Gasteiger partial charge in [-0.2, -0.15) is 5.10 Å². The number of nitrogens with zero attached hydrogens (tertiary/aromatic N) is 3. The number of hydrogen-bond acceptors (Lipinski definition) is 4. The summed E-state index contributed by atoms with van der Waals surface area (Å²) in [4.78, 5) is 16.6. The Kier molecular flexibility index (Phi) is 4.37. The van der Waals surface area contributed by atoms with Crippen LogP contribution >= 0.6 is 0 Å². The zero-order valence-corrected chi connectivity index (χ0v) is 13.7. The monoisotopic (exact) mass is 316 g/mol. The molecule has 1 fully saturated rings. The second-order valence-electron chi connectivity index (χ2n) is 6.73. The van der Waals surface area contributed by atoms with Gasteiger partial charge in [-0.25, -0.2) is 0 Å². The highest BCUT2D eigenvalue weighted by atomic mass is 16.3. The SMILES string of the molecule is CN(C)C[C@]1(O)CCCN(C(=O)c2n[nH]c3ccccc23)CC1. The van der Waals surface area contributed by atoms with Crippen LogP contribution in [0.25, 0.3) is 10.9 Å². The van der Waals surface area contributed by atoms with Crippen molar-refractivity contribution in [2.75, 3.05) is 33.7 Å². The summed E-state index contributed by atoms with van der Waals surface area (Å²) in [7, 11) is 3.92. The Balaban J connectivity index is 1.76. The molecule has 1 amide bonds. The lowest BCUT2D eigenvalue weighted by atomic mass is 9.94. The molecule has 1 aliphatic heterocycles. The molecule has 0 unspecified atom stereocenters. The first kappa shape index (κ1) is 16.0. The third kappa shape index (κ3) is 3.38. The summed E-state index contributed by atoms with van der Waals surface area (Å²) in [6.07, 6.45) is 2.12. The highest BCUT2D eigenvalue weighted by Gasteiger charge is 2.32. The molecule has 3 rings (SSSR count). The van der Waals surface area contributed by atoms with Gasteiger partial charge in [-0.1, -0.05) is 18.2 Å². The Morgan fingerprint density at radius 1 is 1.35 bits per heavy atom. The molecule has 6 nitrogen and oxygen atoms in total. The van der Waals surface area contributed by atoms with Gasteiger partial charge in [0, 0.05) is 25.0 Å². The molecule has 2 heterocycles. The molecule has 1 aromatic carbocycles. The number of fused-ring (bicyclic) bond motifs is 1. The number of aromatic amines is 1. The van der Waals surface area contributed by atoms with Crippen molar-refractivity contribution in [2.24, 2.45) is 0 Å². The smallest absolute Gasteiger partial charge is 0.274 e. The van der Waals surface area contributed by atoms with E-state index in [2.05, 4.69) is 10.2 Å². The van der Waals surface area contributed by atoms with Gasteiger partial charge in [0.2, 0.25) is 0 Å². The van der Waals surface area contributed by atoms with E-state index in [1.807, 2.05) is 48.2 Å². The predicted octanol–water partition coefficient (Wildman–Crippen LogP) is 1.48. The lowest BCUT2D eigenvalue weighted by Crippen LogP contribution is -2.41. The summed E-state index contributed by atoms with van der Waals surface area (Å²) < 4.78 is 0. The molecule has 1 saturated heterocycles. The van der Waals surface area contributed by atoms with E-state index in [9.17, 15) is 9.90 Å². The van der Waals surface area contributed by atoms with Crippen LogP contribution in [0.4, 0.5) is 0 Å². The summed E-state index contributed by atoms with van der Waals surface area (Å²) in [5.74, 6) is -0.0587. The molecule has 0 bridgehead atoms. The number of H-pyrrole nitrogens is 1. The Bertz CT molecular complexity index is 697. The second kappa shape index (κ2) is 6.29. The number of aliphatic hydroxyl groups is 1. The number of benzene rings is 1. The standard InChI is InChI=1S/C17H24N4O2/c1-20(2)12-17(23)8-5-10-21(11-9-17)16(22)15-13-6-3-4-7-14(13)18-19-15/h3-4,6-7,23H,5,8-12H2,1-2H3,(H,18,19)/t17-/m0/s1. The van der Waals surface area contributed by atoms with Crippen molar-refractivity contribution < 1.29 is 9.90 Å². The average Bonchev–Trinajstić information content (AvgIpc) is 2.84. The van der Waals surface area contributed by atoms with Crippen molar-refractivity contribution in [1.82, 2.24) is 20.0 Å². The number of hydrogen-bond donors (Lipinski definition) is 2. The van der Waals surface area contributed by atoms with E-state index in [0.29, 0.717) is 31.7 Å². The zero-order valence-electron chi connectivity index (χ0n) is 13.7. The summed E-state index contributed by atoms with van der Waals surface area (Å²) >= 11 is 0. The lowest BCUT2D eigenvalue weighted by molar-refractivity contribution is 0.00304. The van der Waals surface area contributed by atoms with Gasteiger partial charge in [0.05, 0.1) is 11.1 Å². The van der Waals surface area contributed by atoms with Gasteiger partial charge in [-0.05, 0) is 39.4 Å². The molecule has 2 N–H and O–H groups in total. The Hall–Kier alpha value is -1.92. The topological polar surface area (TPSA) is 72.5 Å². The first-order valence-electron chi connectivity index (χ1n) is 8.08. The van der Waals surface area contributed by atoms with E-state index in [4.69, 9.17) is 0 Å². The second-order valence-corrected chi connectivity index (χ2v) is 6.73. The number of rotatable bonds is 3. The van der Waals surface area contributed by atoms with Crippen molar-refractivity contribution in [3.8, 4) is 0 Å². The highest BCUT2D eigenvalue weighted by Crippen LogP contribution is 2.25. The maximum atomic E-state index is 12.8. The summed E-state index contributed by atoms with van der Waals surface area (Å²) in [5, 5.41) is 18.7. The van der Waals surface area contributed by atoms with E-state index < -0.39 is 5.60 Å². The number of para-hydroxylation sites is 1. The van der Waals surface area contributed by atoms with Crippen molar-refractivity contribution >= 4 is 16.8 Å². The minimum atomic E-state index is -0.716.